The molecular weight excluding hydrogens is 418 g/mol. The zero-order valence-corrected chi connectivity index (χ0v) is 18.4. The van der Waals surface area contributed by atoms with Crippen molar-refractivity contribution < 1.29 is 33.3 Å². The zero-order valence-electron chi connectivity index (χ0n) is 17.5. The second kappa shape index (κ2) is 8.87. The Kier molecular flexibility index (Phi) is 7.29. The average molecular weight is 446 g/mol. The number of hydrogen-bond acceptors (Lipinski definition) is 7. The van der Waals surface area contributed by atoms with Crippen molar-refractivity contribution in [3.8, 4) is 11.8 Å². The van der Waals surface area contributed by atoms with Crippen molar-refractivity contribution in [3.63, 3.8) is 0 Å². The summed E-state index contributed by atoms with van der Waals surface area (Å²) in [5, 5.41) is 18.3. The van der Waals surface area contributed by atoms with E-state index in [1.165, 1.54) is 6.92 Å². The third kappa shape index (κ3) is 5.17. The molecule has 0 saturated carbocycles. The fraction of sp³-hybridized carbons (Fsp3) is 0.684. The van der Waals surface area contributed by atoms with Gasteiger partial charge in [-0.1, -0.05) is 12.8 Å². The maximum Gasteiger partial charge on any atom is 0.359 e. The third-order valence-corrected chi connectivity index (χ3v) is 7.20. The molecule has 0 aliphatic carbocycles. The molecule has 30 heavy (non-hydrogen) atoms. The van der Waals surface area contributed by atoms with E-state index in [4.69, 9.17) is 9.26 Å². The highest BCUT2D eigenvalue weighted by Crippen LogP contribution is 2.57. The number of aliphatic hydroxyl groups excluding tert-OH is 1. The number of aliphatic hydroxyl groups is 2. The van der Waals surface area contributed by atoms with Crippen LogP contribution < -0.4 is 5.69 Å². The monoisotopic (exact) mass is 446 g/mol. The molecule has 0 radical (unpaired) electrons. The van der Waals surface area contributed by atoms with Gasteiger partial charge in [0.25, 0.3) is 0 Å². The number of nitrogens with one attached hydrogen (secondary N) is 1. The Balaban J connectivity index is 2.29. The summed E-state index contributed by atoms with van der Waals surface area (Å²) >= 11 is 0. The minimum Gasteiger partial charge on any atom is -0.387 e. The van der Waals surface area contributed by atoms with E-state index in [2.05, 4.69) is 21.8 Å². The Morgan fingerprint density at radius 1 is 1.43 bits per heavy atom. The summed E-state index contributed by atoms with van der Waals surface area (Å²) in [5.41, 5.74) is -1.63. The Morgan fingerprint density at radius 2 is 2.07 bits per heavy atom. The molecule has 1 aromatic rings. The van der Waals surface area contributed by atoms with Gasteiger partial charge in [-0.25, -0.2) is 14.2 Å². The molecule has 2 rings (SSSR count). The summed E-state index contributed by atoms with van der Waals surface area (Å²) in [4.78, 5) is 27.6. The van der Waals surface area contributed by atoms with Gasteiger partial charge in [0.2, 0.25) is 0 Å². The molecule has 1 saturated heterocycles. The predicted octanol–water partition coefficient (Wildman–Crippen LogP) is 1.77. The van der Waals surface area contributed by atoms with Crippen LogP contribution in [0.3, 0.4) is 0 Å². The number of aromatic nitrogens is 2. The SMILES string of the molecule is CC#Cc1[nH]c(=O)ncc1C1OC(CC(C)(CC)OP(=O)(O)C(C)(C)O)C(O)C1F. The van der Waals surface area contributed by atoms with Gasteiger partial charge in [-0.15, -0.1) is 0 Å². The van der Waals surface area contributed by atoms with Crippen LogP contribution in [0.2, 0.25) is 0 Å². The minimum absolute atomic E-state index is 0.117. The minimum atomic E-state index is -4.45. The van der Waals surface area contributed by atoms with E-state index in [9.17, 15) is 28.9 Å². The number of alkyl halides is 1. The first kappa shape index (κ1) is 24.7. The molecule has 4 N–H and O–H groups in total. The maximum atomic E-state index is 14.9. The Morgan fingerprint density at radius 3 is 2.60 bits per heavy atom. The molecule has 1 aliphatic rings. The van der Waals surface area contributed by atoms with Crippen molar-refractivity contribution in [1.82, 2.24) is 9.97 Å². The van der Waals surface area contributed by atoms with Gasteiger partial charge in [0, 0.05) is 18.2 Å². The third-order valence-electron chi connectivity index (χ3n) is 5.13. The molecule has 168 valence electrons. The number of aromatic amines is 1. The number of rotatable bonds is 7. The molecule has 0 amide bonds. The summed E-state index contributed by atoms with van der Waals surface area (Å²) in [7, 11) is -4.45. The molecule has 0 spiro atoms. The van der Waals surface area contributed by atoms with Crippen molar-refractivity contribution in [2.24, 2.45) is 0 Å². The molecule has 9 nitrogen and oxygen atoms in total. The van der Waals surface area contributed by atoms with Gasteiger partial charge in [0.1, 0.15) is 17.9 Å². The van der Waals surface area contributed by atoms with Crippen LogP contribution in [0, 0.1) is 11.8 Å². The second-order valence-corrected chi connectivity index (χ2v) is 10.4. The highest BCUT2D eigenvalue weighted by atomic mass is 31.2. The first-order chi connectivity index (χ1) is 13.7. The Hall–Kier alpha value is -1.60. The second-order valence-electron chi connectivity index (χ2n) is 8.04. The number of ether oxygens (including phenoxy) is 1. The largest absolute Gasteiger partial charge is 0.387 e. The normalized spacial score (nSPS) is 28.3. The average Bonchev–Trinajstić information content (AvgIpc) is 2.89. The first-order valence-electron chi connectivity index (χ1n) is 9.50. The van der Waals surface area contributed by atoms with E-state index >= 15 is 0 Å². The summed E-state index contributed by atoms with van der Waals surface area (Å²) < 4.78 is 38.4. The molecule has 1 aromatic heterocycles. The van der Waals surface area contributed by atoms with Crippen molar-refractivity contribution in [2.45, 2.75) is 82.9 Å². The lowest BCUT2D eigenvalue weighted by Crippen LogP contribution is -2.39. The van der Waals surface area contributed by atoms with Crippen LogP contribution in [0.1, 0.15) is 64.8 Å². The van der Waals surface area contributed by atoms with Crippen LogP contribution in [0.4, 0.5) is 4.39 Å². The van der Waals surface area contributed by atoms with Gasteiger partial charge >= 0.3 is 13.3 Å². The van der Waals surface area contributed by atoms with Crippen molar-refractivity contribution >= 4 is 7.60 Å². The molecular formula is C19H28FN2O7P. The molecule has 6 unspecified atom stereocenters. The number of hydrogen-bond donors (Lipinski definition) is 4. The van der Waals surface area contributed by atoms with Gasteiger partial charge in [-0.2, -0.15) is 0 Å². The molecule has 11 heteroatoms. The number of nitrogens with zero attached hydrogens (tertiary/aromatic N) is 1. The molecule has 1 fully saturated rings. The van der Waals surface area contributed by atoms with Crippen LogP contribution in [-0.4, -0.2) is 54.4 Å². The van der Waals surface area contributed by atoms with Crippen molar-refractivity contribution in [1.29, 1.82) is 0 Å². The smallest absolute Gasteiger partial charge is 0.359 e. The maximum absolute atomic E-state index is 14.9. The summed E-state index contributed by atoms with van der Waals surface area (Å²) in [6, 6.07) is 0. The fourth-order valence-corrected chi connectivity index (χ4v) is 4.10. The van der Waals surface area contributed by atoms with E-state index < -0.39 is 48.7 Å². The summed E-state index contributed by atoms with van der Waals surface area (Å²) in [5.74, 6) is 5.26. The Labute approximate surface area is 174 Å². The van der Waals surface area contributed by atoms with Crippen LogP contribution >= 0.6 is 7.60 Å². The van der Waals surface area contributed by atoms with E-state index in [0.29, 0.717) is 0 Å². The zero-order chi connectivity index (χ0) is 22.9. The highest BCUT2D eigenvalue weighted by Gasteiger charge is 2.50. The van der Waals surface area contributed by atoms with Gasteiger partial charge < -0.3 is 24.4 Å². The van der Waals surface area contributed by atoms with Gasteiger partial charge in [0.05, 0.1) is 11.7 Å². The summed E-state index contributed by atoms with van der Waals surface area (Å²) in [6.45, 7) is 7.06. The lowest BCUT2D eigenvalue weighted by molar-refractivity contribution is -0.0522. The molecule has 1 aliphatic heterocycles. The van der Waals surface area contributed by atoms with E-state index in [0.717, 1.165) is 20.0 Å². The van der Waals surface area contributed by atoms with E-state index in [1.54, 1.807) is 13.8 Å². The van der Waals surface area contributed by atoms with Crippen LogP contribution in [0.5, 0.6) is 0 Å². The fourth-order valence-electron chi connectivity index (χ4n) is 3.07. The quantitative estimate of drug-likeness (QED) is 0.367. The number of H-pyrrole nitrogens is 1. The van der Waals surface area contributed by atoms with Crippen molar-refractivity contribution in [2.75, 3.05) is 0 Å². The topological polar surface area (TPSA) is 142 Å². The molecule has 6 atom stereocenters. The lowest BCUT2D eigenvalue weighted by Gasteiger charge is -2.36. The predicted molar refractivity (Wildman–Crippen MR) is 106 cm³/mol. The highest BCUT2D eigenvalue weighted by molar-refractivity contribution is 7.54. The summed E-state index contributed by atoms with van der Waals surface area (Å²) in [6.07, 6.45) is -4.47. The first-order valence-corrected chi connectivity index (χ1v) is 11.1. The van der Waals surface area contributed by atoms with E-state index in [-0.39, 0.29) is 24.1 Å². The standard InChI is InChI=1S/C19H28FN2O7P/c1-6-8-12-11(10-21-17(24)22-12)16-14(20)15(23)13(28-16)9-19(5,7-2)29-30(26,27)18(3,4)25/h10,13-16,23,25H,7,9H2,1-5H3,(H,26,27)(H,21,22,24). The molecule has 2 heterocycles. The van der Waals surface area contributed by atoms with Crippen molar-refractivity contribution in [3.05, 3.63) is 27.9 Å². The lowest BCUT2D eigenvalue weighted by atomic mass is 9.92. The van der Waals surface area contributed by atoms with Gasteiger partial charge in [-0.05, 0) is 40.0 Å². The van der Waals surface area contributed by atoms with Crippen LogP contribution in [0.25, 0.3) is 0 Å². The van der Waals surface area contributed by atoms with Gasteiger partial charge in [0.15, 0.2) is 11.5 Å². The molecule has 0 bridgehead atoms. The Bertz CT molecular complexity index is 935. The molecule has 0 aromatic carbocycles. The van der Waals surface area contributed by atoms with Crippen LogP contribution in [-0.2, 0) is 13.8 Å². The van der Waals surface area contributed by atoms with Gasteiger partial charge in [-0.3, -0.25) is 9.55 Å². The van der Waals surface area contributed by atoms with Crippen LogP contribution in [0.15, 0.2) is 11.0 Å². The number of halogens is 1. The van der Waals surface area contributed by atoms with E-state index in [1.807, 2.05) is 0 Å².